The van der Waals surface area contributed by atoms with E-state index in [0.29, 0.717) is 11.3 Å². The lowest BCUT2D eigenvalue weighted by atomic mass is 10.2. The van der Waals surface area contributed by atoms with Crippen molar-refractivity contribution >= 4 is 56.7 Å². The summed E-state index contributed by atoms with van der Waals surface area (Å²) in [6.07, 6.45) is 2.74. The normalized spacial score (nSPS) is 11.0. The molecule has 1 heterocycles. The van der Waals surface area contributed by atoms with E-state index in [1.807, 2.05) is 12.1 Å². The Bertz CT molecular complexity index is 899. The summed E-state index contributed by atoms with van der Waals surface area (Å²) in [5.41, 5.74) is 2.68. The van der Waals surface area contributed by atoms with Gasteiger partial charge in [0.25, 0.3) is 0 Å². The zero-order valence-electron chi connectivity index (χ0n) is 12.6. The van der Waals surface area contributed by atoms with Crippen molar-refractivity contribution in [3.05, 3.63) is 69.9 Å². The Balaban J connectivity index is 1.61. The van der Waals surface area contributed by atoms with Gasteiger partial charge in [-0.1, -0.05) is 39.0 Å². The van der Waals surface area contributed by atoms with Crippen LogP contribution in [0.3, 0.4) is 0 Å². The minimum atomic E-state index is -0.384. The van der Waals surface area contributed by atoms with Crippen molar-refractivity contribution in [3.63, 3.8) is 0 Å². The fourth-order valence-corrected chi connectivity index (χ4v) is 3.74. The second-order valence-corrected chi connectivity index (χ2v) is 7.89. The lowest BCUT2D eigenvalue weighted by Gasteiger charge is -2.03. The molecule has 0 radical (unpaired) electrons. The first-order valence-electron chi connectivity index (χ1n) is 7.08. The average molecular weight is 436 g/mol. The smallest absolute Gasteiger partial charge is 0.248 e. The van der Waals surface area contributed by atoms with E-state index in [9.17, 15) is 9.18 Å². The Labute approximate surface area is 160 Å². The fraction of sp³-hybridized carbons (Fsp3) is 0. The van der Waals surface area contributed by atoms with Gasteiger partial charge in [0.2, 0.25) is 5.91 Å². The first-order valence-corrected chi connectivity index (χ1v) is 9.57. The molecule has 2 aromatic carbocycles. The summed E-state index contributed by atoms with van der Waals surface area (Å²) in [5, 5.41) is 10.5. The highest BCUT2D eigenvalue weighted by Gasteiger charge is 2.03. The highest BCUT2D eigenvalue weighted by atomic mass is 79.9. The van der Waals surface area contributed by atoms with Gasteiger partial charge in [0.1, 0.15) is 11.3 Å². The Hall–Kier alpha value is -2.03. The lowest BCUT2D eigenvalue weighted by Crippen LogP contribution is -2.07. The second-order valence-electron chi connectivity index (χ2n) is 4.82. The molecule has 0 unspecified atom stereocenters. The molecular formula is C17H11BrFN3OS2. The molecule has 0 aliphatic carbocycles. The summed E-state index contributed by atoms with van der Waals surface area (Å²) < 4.78 is 15.2. The van der Waals surface area contributed by atoms with Crippen LogP contribution in [-0.4, -0.2) is 16.1 Å². The van der Waals surface area contributed by atoms with Crippen molar-refractivity contribution in [1.82, 2.24) is 10.2 Å². The number of benzene rings is 2. The summed E-state index contributed by atoms with van der Waals surface area (Å²) in [7, 11) is 0. The Morgan fingerprint density at radius 2 is 2.04 bits per heavy atom. The summed E-state index contributed by atoms with van der Waals surface area (Å²) in [6.45, 7) is 0. The zero-order chi connectivity index (χ0) is 17.6. The molecule has 25 heavy (non-hydrogen) atoms. The van der Waals surface area contributed by atoms with Gasteiger partial charge < -0.3 is 5.32 Å². The van der Waals surface area contributed by atoms with E-state index in [1.165, 1.54) is 41.3 Å². The number of halogens is 2. The maximum Gasteiger partial charge on any atom is 0.248 e. The van der Waals surface area contributed by atoms with E-state index in [0.717, 1.165) is 13.7 Å². The largest absolute Gasteiger partial charge is 0.323 e. The Kier molecular flexibility index (Phi) is 5.95. The van der Waals surface area contributed by atoms with E-state index in [1.54, 1.807) is 29.8 Å². The second kappa shape index (κ2) is 8.37. The van der Waals surface area contributed by atoms with Gasteiger partial charge in [-0.25, -0.2) is 4.39 Å². The van der Waals surface area contributed by atoms with Gasteiger partial charge >= 0.3 is 0 Å². The number of carbonyl (C=O) groups excluding carboxylic acids is 1. The number of rotatable bonds is 5. The first-order chi connectivity index (χ1) is 12.1. The third-order valence-corrected chi connectivity index (χ3v) is 5.32. The number of hydrogen-bond acceptors (Lipinski definition) is 5. The number of hydrogen-bond donors (Lipinski definition) is 1. The van der Waals surface area contributed by atoms with Gasteiger partial charge in [0.15, 0.2) is 4.34 Å². The Morgan fingerprint density at radius 1 is 1.24 bits per heavy atom. The van der Waals surface area contributed by atoms with Crippen LogP contribution >= 0.6 is 39.0 Å². The van der Waals surface area contributed by atoms with Crippen LogP contribution in [0.1, 0.15) is 5.56 Å². The van der Waals surface area contributed by atoms with Crippen LogP contribution in [0, 0.1) is 5.82 Å². The maximum atomic E-state index is 13.6. The predicted molar refractivity (Wildman–Crippen MR) is 102 cm³/mol. The highest BCUT2D eigenvalue weighted by Crippen LogP contribution is 2.29. The van der Waals surface area contributed by atoms with E-state index in [-0.39, 0.29) is 11.7 Å². The molecule has 126 valence electrons. The summed E-state index contributed by atoms with van der Waals surface area (Å²) >= 11 is 6.25. The van der Waals surface area contributed by atoms with E-state index >= 15 is 0 Å². The van der Waals surface area contributed by atoms with Crippen molar-refractivity contribution in [2.24, 2.45) is 0 Å². The minimum absolute atomic E-state index is 0.330. The Morgan fingerprint density at radius 3 is 2.76 bits per heavy atom. The molecule has 0 atom stereocenters. The third-order valence-electron chi connectivity index (χ3n) is 3.04. The molecule has 1 N–H and O–H groups in total. The number of nitrogens with zero attached hydrogens (tertiary/aromatic N) is 2. The minimum Gasteiger partial charge on any atom is -0.323 e. The quantitative estimate of drug-likeness (QED) is 0.556. The molecule has 0 aliphatic heterocycles. The molecule has 0 bridgehead atoms. The molecule has 0 saturated heterocycles. The number of nitrogens with one attached hydrogen (secondary N) is 1. The van der Waals surface area contributed by atoms with Crippen LogP contribution in [0.25, 0.3) is 6.08 Å². The molecule has 4 nitrogen and oxygen atoms in total. The summed E-state index contributed by atoms with van der Waals surface area (Å²) in [6, 6.07) is 11.9. The molecule has 0 spiro atoms. The van der Waals surface area contributed by atoms with Crippen LogP contribution in [0.5, 0.6) is 0 Å². The van der Waals surface area contributed by atoms with Gasteiger partial charge in [0, 0.05) is 26.7 Å². The third kappa shape index (κ3) is 5.22. The van der Waals surface area contributed by atoms with Crippen molar-refractivity contribution in [3.8, 4) is 0 Å². The van der Waals surface area contributed by atoms with E-state index < -0.39 is 0 Å². The van der Waals surface area contributed by atoms with Crippen LogP contribution < -0.4 is 5.32 Å². The molecule has 1 aromatic heterocycles. The molecule has 0 fully saturated rings. The molecular weight excluding hydrogens is 425 g/mol. The molecule has 0 saturated carbocycles. The van der Waals surface area contributed by atoms with Gasteiger partial charge in [-0.05, 0) is 48.5 Å². The number of aromatic nitrogens is 2. The maximum absolute atomic E-state index is 13.6. The van der Waals surface area contributed by atoms with Crippen molar-refractivity contribution in [2.45, 2.75) is 9.24 Å². The number of carbonyl (C=O) groups is 1. The van der Waals surface area contributed by atoms with Crippen molar-refractivity contribution in [1.29, 1.82) is 0 Å². The van der Waals surface area contributed by atoms with Gasteiger partial charge in [-0.2, -0.15) is 0 Å². The topological polar surface area (TPSA) is 54.9 Å². The molecule has 0 aliphatic rings. The highest BCUT2D eigenvalue weighted by molar-refractivity contribution is 9.10. The van der Waals surface area contributed by atoms with Crippen molar-refractivity contribution in [2.75, 3.05) is 5.32 Å². The summed E-state index contributed by atoms with van der Waals surface area (Å²) in [4.78, 5) is 13.0. The SMILES string of the molecule is O=C(/C=C/c1cc(Br)ccc1F)Nc1ccc(Sc2nncs2)cc1. The molecule has 3 rings (SSSR count). The van der Waals surface area contributed by atoms with Crippen LogP contribution in [0.15, 0.2) is 67.8 Å². The zero-order valence-corrected chi connectivity index (χ0v) is 15.9. The van der Waals surface area contributed by atoms with Gasteiger partial charge in [0.05, 0.1) is 0 Å². The van der Waals surface area contributed by atoms with Gasteiger partial charge in [-0.15, -0.1) is 10.2 Å². The van der Waals surface area contributed by atoms with E-state index in [4.69, 9.17) is 0 Å². The lowest BCUT2D eigenvalue weighted by molar-refractivity contribution is -0.111. The van der Waals surface area contributed by atoms with Gasteiger partial charge in [-0.3, -0.25) is 4.79 Å². The predicted octanol–water partition coefficient (Wildman–Crippen LogP) is 5.24. The molecule has 1 amide bonds. The number of anilines is 1. The fourth-order valence-electron chi connectivity index (χ4n) is 1.91. The van der Waals surface area contributed by atoms with Crippen molar-refractivity contribution < 1.29 is 9.18 Å². The van der Waals surface area contributed by atoms with E-state index in [2.05, 4.69) is 31.4 Å². The summed E-state index contributed by atoms with van der Waals surface area (Å²) in [5.74, 6) is -0.714. The standard InChI is InChI=1S/C17H11BrFN3OS2/c18-12-2-7-15(19)11(9-12)1-8-16(23)21-13-3-5-14(6-4-13)25-17-22-20-10-24-17/h1-10H,(H,21,23)/b8-1+. The molecule has 3 aromatic rings. The first kappa shape index (κ1) is 17.8. The van der Waals surface area contributed by atoms with Crippen LogP contribution in [0.2, 0.25) is 0 Å². The number of amides is 1. The molecule has 8 heteroatoms. The average Bonchev–Trinajstić information content (AvgIpc) is 3.10. The van der Waals surface area contributed by atoms with Crippen LogP contribution in [-0.2, 0) is 4.79 Å². The van der Waals surface area contributed by atoms with Crippen LogP contribution in [0.4, 0.5) is 10.1 Å². The monoisotopic (exact) mass is 435 g/mol.